The lowest BCUT2D eigenvalue weighted by Gasteiger charge is -2.23. The molecule has 3 heterocycles. The number of halogens is 3. The van der Waals surface area contributed by atoms with Gasteiger partial charge in [0.05, 0.1) is 34.6 Å². The second-order valence-corrected chi connectivity index (χ2v) is 11.7. The van der Waals surface area contributed by atoms with Crippen molar-refractivity contribution >= 4 is 22.3 Å². The normalized spacial score (nSPS) is 15.1. The average Bonchev–Trinajstić information content (AvgIpc) is 3.64. The highest BCUT2D eigenvalue weighted by molar-refractivity contribution is 5.99. The molecule has 2 N–H and O–H groups in total. The van der Waals surface area contributed by atoms with Gasteiger partial charge < -0.3 is 10.6 Å². The Hall–Kier alpha value is -4.71. The second-order valence-electron chi connectivity index (χ2n) is 11.7. The van der Waals surface area contributed by atoms with E-state index in [0.29, 0.717) is 40.8 Å². The molecule has 1 aliphatic carbocycles. The Kier molecular flexibility index (Phi) is 7.27. The maximum absolute atomic E-state index is 13.9. The van der Waals surface area contributed by atoms with Crippen LogP contribution in [0.1, 0.15) is 74.7 Å². The van der Waals surface area contributed by atoms with Crippen molar-refractivity contribution in [3.8, 4) is 12.1 Å². The molecule has 5 rings (SSSR count). The Morgan fingerprint density at radius 2 is 1.83 bits per heavy atom. The molecule has 4 aromatic rings. The average molecular weight is 574 g/mol. The van der Waals surface area contributed by atoms with Crippen molar-refractivity contribution in [3.05, 3.63) is 70.9 Å². The van der Waals surface area contributed by atoms with Gasteiger partial charge in [0.15, 0.2) is 5.54 Å². The Morgan fingerprint density at radius 1 is 1.10 bits per heavy atom. The molecule has 1 aromatic carbocycles. The van der Waals surface area contributed by atoms with Crippen LogP contribution < -0.4 is 10.6 Å². The minimum absolute atomic E-state index is 0.0563. The van der Waals surface area contributed by atoms with Crippen molar-refractivity contribution in [2.45, 2.75) is 64.7 Å². The quantitative estimate of drug-likeness (QED) is 0.254. The van der Waals surface area contributed by atoms with Crippen LogP contribution >= 0.6 is 0 Å². The number of fused-ring (bicyclic) bond motifs is 1. The first-order valence-electron chi connectivity index (χ1n) is 13.6. The fourth-order valence-corrected chi connectivity index (χ4v) is 4.97. The molecule has 42 heavy (non-hydrogen) atoms. The van der Waals surface area contributed by atoms with E-state index < -0.39 is 17.8 Å². The minimum atomic E-state index is -4.45. The van der Waals surface area contributed by atoms with E-state index in [-0.39, 0.29) is 29.5 Å². The number of nitrogens with one attached hydrogen (secondary N) is 2. The van der Waals surface area contributed by atoms with Crippen LogP contribution in [-0.4, -0.2) is 37.7 Å². The Morgan fingerprint density at radius 3 is 2.45 bits per heavy atom. The van der Waals surface area contributed by atoms with Gasteiger partial charge in [-0.15, -0.1) is 5.10 Å². The first kappa shape index (κ1) is 28.8. The third-order valence-electron chi connectivity index (χ3n) is 7.39. The first-order valence-corrected chi connectivity index (χ1v) is 13.6. The summed E-state index contributed by atoms with van der Waals surface area (Å²) in [7, 11) is 0. The van der Waals surface area contributed by atoms with Crippen LogP contribution in [0.4, 0.5) is 24.5 Å². The van der Waals surface area contributed by atoms with Gasteiger partial charge in [-0.05, 0) is 42.9 Å². The van der Waals surface area contributed by atoms with Gasteiger partial charge in [0, 0.05) is 41.3 Å². The van der Waals surface area contributed by atoms with Gasteiger partial charge in [-0.25, -0.2) is 4.68 Å². The number of hydrogen-bond acceptors (Lipinski definition) is 8. The van der Waals surface area contributed by atoms with Crippen LogP contribution in [0.2, 0.25) is 0 Å². The first-order chi connectivity index (χ1) is 19.9. The summed E-state index contributed by atoms with van der Waals surface area (Å²) in [6, 6.07) is 10.6. The van der Waals surface area contributed by atoms with Crippen LogP contribution in [0, 0.1) is 28.1 Å². The predicted octanol–water partition coefficient (Wildman–Crippen LogP) is 6.24. The largest absolute Gasteiger partial charge is 0.413 e. The molecule has 1 atom stereocenters. The molecule has 0 saturated heterocycles. The van der Waals surface area contributed by atoms with Gasteiger partial charge >= 0.3 is 6.18 Å². The zero-order valence-electron chi connectivity index (χ0n) is 23.7. The van der Waals surface area contributed by atoms with Crippen LogP contribution in [-0.2, 0) is 12.0 Å². The van der Waals surface area contributed by atoms with E-state index in [1.165, 1.54) is 12.4 Å². The van der Waals surface area contributed by atoms with Crippen molar-refractivity contribution in [1.29, 1.82) is 10.5 Å². The number of anilines is 2. The minimum Gasteiger partial charge on any atom is -0.383 e. The van der Waals surface area contributed by atoms with Gasteiger partial charge in [0.2, 0.25) is 0 Å². The van der Waals surface area contributed by atoms with Crippen molar-refractivity contribution in [2.24, 2.45) is 5.41 Å². The SMILES string of the molecule is CCc1ncccc1C(Nc1cc(C#N)c2ncc(C#N)c(NCC(C)(C)C)c2c1)c1cn(C2(C(F)(F)F)CC2)nn1. The monoisotopic (exact) mass is 573 g/mol. The molecule has 1 aliphatic rings. The molecule has 1 saturated carbocycles. The topological polar surface area (TPSA) is 128 Å². The molecule has 1 fully saturated rings. The molecule has 0 spiro atoms. The zero-order chi connectivity index (χ0) is 30.3. The standard InChI is InChI=1S/C30H30F3N9/c1-5-23-21(7-6-10-36-23)27(24-16-42(41-40-24)29(8-9-29)30(31,32)33)39-20-11-18(13-34)25-22(12-20)26(19(14-35)15-37-25)38-17-28(2,3)4/h6-7,10-12,15-16,27,39H,5,8-9,17H2,1-4H3,(H,37,38). The number of nitriles is 2. The molecule has 12 heteroatoms. The van der Waals surface area contributed by atoms with E-state index in [1.807, 2.05) is 13.0 Å². The van der Waals surface area contributed by atoms with Gasteiger partial charge in [-0.1, -0.05) is 39.0 Å². The number of aromatic nitrogens is 5. The van der Waals surface area contributed by atoms with Gasteiger partial charge in [0.1, 0.15) is 17.8 Å². The summed E-state index contributed by atoms with van der Waals surface area (Å²) >= 11 is 0. The smallest absolute Gasteiger partial charge is 0.383 e. The van der Waals surface area contributed by atoms with E-state index >= 15 is 0 Å². The summed E-state index contributed by atoms with van der Waals surface area (Å²) in [5.41, 5.74) is 1.68. The molecule has 0 amide bonds. The molecule has 216 valence electrons. The molecule has 3 aromatic heterocycles. The summed E-state index contributed by atoms with van der Waals surface area (Å²) in [5.74, 6) is 0. The predicted molar refractivity (Wildman–Crippen MR) is 151 cm³/mol. The molecular formula is C30H30F3N9. The molecule has 0 aliphatic heterocycles. The highest BCUT2D eigenvalue weighted by Gasteiger charge is 2.66. The highest BCUT2D eigenvalue weighted by Crippen LogP contribution is 2.55. The van der Waals surface area contributed by atoms with Crippen molar-refractivity contribution < 1.29 is 13.2 Å². The van der Waals surface area contributed by atoms with Crippen LogP contribution in [0.15, 0.2) is 42.9 Å². The van der Waals surface area contributed by atoms with Crippen LogP contribution in [0.3, 0.4) is 0 Å². The van der Waals surface area contributed by atoms with Crippen molar-refractivity contribution in [1.82, 2.24) is 25.0 Å². The summed E-state index contributed by atoms with van der Waals surface area (Å²) in [6.45, 7) is 8.68. The van der Waals surface area contributed by atoms with E-state index in [4.69, 9.17) is 0 Å². The summed E-state index contributed by atoms with van der Waals surface area (Å²) in [4.78, 5) is 8.87. The number of pyridine rings is 2. The maximum Gasteiger partial charge on any atom is 0.413 e. The highest BCUT2D eigenvalue weighted by atomic mass is 19.4. The van der Waals surface area contributed by atoms with Crippen LogP contribution in [0.25, 0.3) is 10.9 Å². The summed E-state index contributed by atoms with van der Waals surface area (Å²) in [6.07, 6.45) is 0.449. The second kappa shape index (κ2) is 10.6. The number of nitrogens with zero attached hydrogens (tertiary/aromatic N) is 7. The Labute approximate surface area is 241 Å². The van der Waals surface area contributed by atoms with E-state index in [9.17, 15) is 23.7 Å². The van der Waals surface area contributed by atoms with E-state index in [2.05, 4.69) is 63.8 Å². The molecule has 0 bridgehead atoms. The molecule has 1 unspecified atom stereocenters. The number of alkyl halides is 3. The molecule has 9 nitrogen and oxygen atoms in total. The fourth-order valence-electron chi connectivity index (χ4n) is 4.97. The lowest BCUT2D eigenvalue weighted by atomic mass is 9.96. The number of hydrogen-bond donors (Lipinski definition) is 2. The summed E-state index contributed by atoms with van der Waals surface area (Å²) < 4.78 is 42.5. The van der Waals surface area contributed by atoms with E-state index in [0.717, 1.165) is 15.9 Å². The van der Waals surface area contributed by atoms with Crippen molar-refractivity contribution in [3.63, 3.8) is 0 Å². The Balaban J connectivity index is 1.64. The molecule has 0 radical (unpaired) electrons. The number of aryl methyl sites for hydroxylation is 1. The lowest BCUT2D eigenvalue weighted by Crippen LogP contribution is -2.35. The number of benzene rings is 1. The van der Waals surface area contributed by atoms with Crippen LogP contribution in [0.5, 0.6) is 0 Å². The number of rotatable bonds is 8. The van der Waals surface area contributed by atoms with Gasteiger partial charge in [0.25, 0.3) is 0 Å². The third-order valence-corrected chi connectivity index (χ3v) is 7.39. The lowest BCUT2D eigenvalue weighted by molar-refractivity contribution is -0.182. The zero-order valence-corrected chi connectivity index (χ0v) is 23.7. The fraction of sp³-hybridized carbons (Fsp3) is 0.400. The van der Waals surface area contributed by atoms with Crippen molar-refractivity contribution in [2.75, 3.05) is 17.2 Å². The third kappa shape index (κ3) is 5.32. The Bertz CT molecular complexity index is 1720. The van der Waals surface area contributed by atoms with E-state index in [1.54, 1.807) is 24.4 Å². The maximum atomic E-state index is 13.9. The van der Waals surface area contributed by atoms with Gasteiger partial charge in [-0.2, -0.15) is 23.7 Å². The summed E-state index contributed by atoms with van der Waals surface area (Å²) in [5, 5.41) is 35.2. The molecular weight excluding hydrogens is 543 g/mol. The van der Waals surface area contributed by atoms with Gasteiger partial charge in [-0.3, -0.25) is 9.97 Å².